The van der Waals surface area contributed by atoms with Crippen molar-refractivity contribution in [1.82, 2.24) is 4.90 Å². The van der Waals surface area contributed by atoms with Crippen molar-refractivity contribution in [3.05, 3.63) is 35.4 Å². The van der Waals surface area contributed by atoms with Crippen LogP contribution in [0.4, 0.5) is 0 Å². The fourth-order valence-electron chi connectivity index (χ4n) is 3.19. The van der Waals surface area contributed by atoms with Crippen molar-refractivity contribution in [2.75, 3.05) is 6.54 Å². The Morgan fingerprint density at radius 3 is 2.58 bits per heavy atom. The molecule has 2 nitrogen and oxygen atoms in total. The molecule has 2 rings (SSSR count). The lowest BCUT2D eigenvalue weighted by Gasteiger charge is -2.36. The first kappa shape index (κ1) is 14.5. The SMILES string of the molecule is CCCN(Cc1cccc(C)c1)C1CCC(N)CC1. The molecule has 0 heterocycles. The highest BCUT2D eigenvalue weighted by Crippen LogP contribution is 2.24. The molecule has 0 bridgehead atoms. The zero-order valence-electron chi connectivity index (χ0n) is 12.4. The van der Waals surface area contributed by atoms with Gasteiger partial charge in [0.1, 0.15) is 0 Å². The first-order valence-corrected chi connectivity index (χ1v) is 7.74. The summed E-state index contributed by atoms with van der Waals surface area (Å²) in [7, 11) is 0. The third-order valence-corrected chi connectivity index (χ3v) is 4.24. The largest absolute Gasteiger partial charge is 0.328 e. The molecule has 0 radical (unpaired) electrons. The van der Waals surface area contributed by atoms with Crippen LogP contribution >= 0.6 is 0 Å². The Balaban J connectivity index is 1.99. The molecule has 0 amide bonds. The molecule has 1 saturated carbocycles. The molecule has 0 aliphatic heterocycles. The van der Waals surface area contributed by atoms with Crippen LogP contribution in [0.2, 0.25) is 0 Å². The summed E-state index contributed by atoms with van der Waals surface area (Å²) in [4.78, 5) is 2.67. The predicted molar refractivity (Wildman–Crippen MR) is 82.1 cm³/mol. The maximum atomic E-state index is 6.02. The maximum Gasteiger partial charge on any atom is 0.0236 e. The average molecular weight is 260 g/mol. The lowest BCUT2D eigenvalue weighted by molar-refractivity contribution is 0.142. The van der Waals surface area contributed by atoms with Crippen molar-refractivity contribution in [3.63, 3.8) is 0 Å². The monoisotopic (exact) mass is 260 g/mol. The van der Waals surface area contributed by atoms with Gasteiger partial charge in [0.15, 0.2) is 0 Å². The van der Waals surface area contributed by atoms with Gasteiger partial charge >= 0.3 is 0 Å². The minimum Gasteiger partial charge on any atom is -0.328 e. The number of benzene rings is 1. The quantitative estimate of drug-likeness (QED) is 0.878. The second-order valence-corrected chi connectivity index (χ2v) is 6.03. The standard InChI is InChI=1S/C17H28N2/c1-3-11-19(17-9-7-16(18)8-10-17)13-15-6-4-5-14(2)12-15/h4-6,12,16-17H,3,7-11,13,18H2,1-2H3. The first-order chi connectivity index (χ1) is 9.19. The van der Waals surface area contributed by atoms with Crippen molar-refractivity contribution >= 4 is 0 Å². The van der Waals surface area contributed by atoms with Gasteiger partial charge in [-0.15, -0.1) is 0 Å². The van der Waals surface area contributed by atoms with Gasteiger partial charge in [-0.05, 0) is 51.1 Å². The summed E-state index contributed by atoms with van der Waals surface area (Å²) in [6.45, 7) is 6.74. The molecular formula is C17H28N2. The Morgan fingerprint density at radius 2 is 1.95 bits per heavy atom. The number of aryl methyl sites for hydroxylation is 1. The van der Waals surface area contributed by atoms with E-state index in [0.29, 0.717) is 6.04 Å². The van der Waals surface area contributed by atoms with Gasteiger partial charge in [-0.2, -0.15) is 0 Å². The highest BCUT2D eigenvalue weighted by molar-refractivity contribution is 5.22. The van der Waals surface area contributed by atoms with Gasteiger partial charge in [0, 0.05) is 18.6 Å². The van der Waals surface area contributed by atoms with Gasteiger partial charge < -0.3 is 5.73 Å². The second kappa shape index (κ2) is 7.06. The normalized spacial score (nSPS) is 23.8. The van der Waals surface area contributed by atoms with Crippen LogP contribution in [0.3, 0.4) is 0 Å². The molecule has 106 valence electrons. The molecule has 1 aromatic carbocycles. The van der Waals surface area contributed by atoms with Crippen molar-refractivity contribution in [3.8, 4) is 0 Å². The van der Waals surface area contributed by atoms with Gasteiger partial charge in [-0.1, -0.05) is 36.8 Å². The molecule has 0 saturated heterocycles. The molecule has 2 N–H and O–H groups in total. The first-order valence-electron chi connectivity index (χ1n) is 7.74. The third-order valence-electron chi connectivity index (χ3n) is 4.24. The third kappa shape index (κ3) is 4.32. The summed E-state index contributed by atoms with van der Waals surface area (Å²) in [5, 5.41) is 0. The van der Waals surface area contributed by atoms with Crippen molar-refractivity contribution in [2.45, 2.75) is 64.6 Å². The second-order valence-electron chi connectivity index (χ2n) is 6.03. The van der Waals surface area contributed by atoms with E-state index in [4.69, 9.17) is 5.73 Å². The summed E-state index contributed by atoms with van der Waals surface area (Å²) in [5.74, 6) is 0. The number of nitrogens with zero attached hydrogens (tertiary/aromatic N) is 1. The number of rotatable bonds is 5. The van der Waals surface area contributed by atoms with Crippen molar-refractivity contribution in [1.29, 1.82) is 0 Å². The zero-order valence-corrected chi connectivity index (χ0v) is 12.4. The summed E-state index contributed by atoms with van der Waals surface area (Å²) in [6, 6.07) is 10.1. The zero-order chi connectivity index (χ0) is 13.7. The Bertz CT molecular complexity index is 381. The van der Waals surface area contributed by atoms with Gasteiger partial charge in [0.05, 0.1) is 0 Å². The van der Waals surface area contributed by atoms with Crippen LogP contribution in [-0.2, 0) is 6.54 Å². The predicted octanol–water partition coefficient (Wildman–Crippen LogP) is 3.48. The molecule has 0 spiro atoms. The number of nitrogens with two attached hydrogens (primary N) is 1. The molecule has 1 fully saturated rings. The highest BCUT2D eigenvalue weighted by atomic mass is 15.2. The van der Waals surface area contributed by atoms with E-state index in [9.17, 15) is 0 Å². The topological polar surface area (TPSA) is 29.3 Å². The fourth-order valence-corrected chi connectivity index (χ4v) is 3.19. The molecule has 1 aromatic rings. The van der Waals surface area contributed by atoms with E-state index in [1.54, 1.807) is 0 Å². The Labute approximate surface area is 118 Å². The van der Waals surface area contributed by atoms with E-state index in [2.05, 4.69) is 43.0 Å². The molecule has 19 heavy (non-hydrogen) atoms. The fraction of sp³-hybridized carbons (Fsp3) is 0.647. The van der Waals surface area contributed by atoms with E-state index in [1.165, 1.54) is 49.8 Å². The average Bonchev–Trinajstić information content (AvgIpc) is 2.39. The summed E-state index contributed by atoms with van der Waals surface area (Å²) in [5.41, 5.74) is 8.83. The van der Waals surface area contributed by atoms with E-state index in [1.807, 2.05) is 0 Å². The molecule has 2 heteroatoms. The molecule has 0 aromatic heterocycles. The summed E-state index contributed by atoms with van der Waals surface area (Å²) < 4.78 is 0. The van der Waals surface area contributed by atoms with Crippen LogP contribution in [-0.4, -0.2) is 23.5 Å². The highest BCUT2D eigenvalue weighted by Gasteiger charge is 2.23. The van der Waals surface area contributed by atoms with E-state index < -0.39 is 0 Å². The number of hydrogen-bond donors (Lipinski definition) is 1. The van der Waals surface area contributed by atoms with E-state index in [-0.39, 0.29) is 0 Å². The Morgan fingerprint density at radius 1 is 1.21 bits per heavy atom. The smallest absolute Gasteiger partial charge is 0.0236 e. The Hall–Kier alpha value is -0.860. The maximum absolute atomic E-state index is 6.02. The van der Waals surface area contributed by atoms with Crippen LogP contribution < -0.4 is 5.73 Å². The lowest BCUT2D eigenvalue weighted by Crippen LogP contribution is -2.40. The van der Waals surface area contributed by atoms with Crippen molar-refractivity contribution in [2.24, 2.45) is 5.73 Å². The van der Waals surface area contributed by atoms with Gasteiger partial charge in [0.25, 0.3) is 0 Å². The molecule has 1 aliphatic carbocycles. The van der Waals surface area contributed by atoms with Crippen molar-refractivity contribution < 1.29 is 0 Å². The summed E-state index contributed by atoms with van der Waals surface area (Å²) in [6.07, 6.45) is 6.16. The van der Waals surface area contributed by atoms with E-state index in [0.717, 1.165) is 12.6 Å². The minimum atomic E-state index is 0.443. The molecule has 0 atom stereocenters. The van der Waals surface area contributed by atoms with Gasteiger partial charge in [-0.3, -0.25) is 4.90 Å². The van der Waals surface area contributed by atoms with Crippen LogP contribution in [0.15, 0.2) is 24.3 Å². The lowest BCUT2D eigenvalue weighted by atomic mass is 9.90. The molecular weight excluding hydrogens is 232 g/mol. The Kier molecular flexibility index (Phi) is 5.41. The van der Waals surface area contributed by atoms with Crippen LogP contribution in [0, 0.1) is 6.92 Å². The van der Waals surface area contributed by atoms with Gasteiger partial charge in [-0.25, -0.2) is 0 Å². The summed E-state index contributed by atoms with van der Waals surface area (Å²) >= 11 is 0. The van der Waals surface area contributed by atoms with Crippen LogP contribution in [0.1, 0.15) is 50.2 Å². The van der Waals surface area contributed by atoms with E-state index >= 15 is 0 Å². The van der Waals surface area contributed by atoms with Gasteiger partial charge in [0.2, 0.25) is 0 Å². The molecule has 0 unspecified atom stereocenters. The van der Waals surface area contributed by atoms with Crippen LogP contribution in [0.5, 0.6) is 0 Å². The van der Waals surface area contributed by atoms with Crippen LogP contribution in [0.25, 0.3) is 0 Å². The molecule has 1 aliphatic rings. The number of hydrogen-bond acceptors (Lipinski definition) is 2. The minimum absolute atomic E-state index is 0.443.